The van der Waals surface area contributed by atoms with Gasteiger partial charge in [-0.2, -0.15) is 0 Å². The highest BCUT2D eigenvalue weighted by molar-refractivity contribution is 7.86. The zero-order chi connectivity index (χ0) is 8.32. The molecule has 0 radical (unpaired) electrons. The topological polar surface area (TPSA) is 0 Å². The minimum absolute atomic E-state index is 0. The molecule has 0 amide bonds. The molecule has 12 heavy (non-hydrogen) atoms. The molecule has 0 aliphatic heterocycles. The van der Waals surface area contributed by atoms with Crippen molar-refractivity contribution in [3.63, 3.8) is 0 Å². The van der Waals surface area contributed by atoms with Gasteiger partial charge >= 0.3 is 0 Å². The van der Waals surface area contributed by atoms with E-state index in [1.165, 1.54) is 5.30 Å². The lowest BCUT2D eigenvalue weighted by atomic mass is 10.4. The molecule has 0 aromatic heterocycles. The van der Waals surface area contributed by atoms with Gasteiger partial charge < -0.3 is 0 Å². The number of rotatable bonds is 2. The molecule has 3 heteroatoms. The van der Waals surface area contributed by atoms with Gasteiger partial charge in [-0.25, -0.2) is 0 Å². The molecule has 1 atom stereocenters. The van der Waals surface area contributed by atoms with E-state index < -0.39 is 7.74 Å². The van der Waals surface area contributed by atoms with E-state index in [0.29, 0.717) is 0 Å². The second-order valence-corrected chi connectivity index (χ2v) is 14.3. The first-order valence-electron chi connectivity index (χ1n) is 3.91. The third-order valence-corrected chi connectivity index (χ3v) is 5.78. The first kappa shape index (κ1) is 12.2. The van der Waals surface area contributed by atoms with Gasteiger partial charge in [0.05, 0.1) is 7.74 Å². The van der Waals surface area contributed by atoms with E-state index in [2.05, 4.69) is 50.0 Å². The highest BCUT2D eigenvalue weighted by Crippen LogP contribution is 2.25. The van der Waals surface area contributed by atoms with Crippen LogP contribution < -0.4 is 5.30 Å². The summed E-state index contributed by atoms with van der Waals surface area (Å²) in [7, 11) is 0.182. The smallest absolute Gasteiger partial charge is 0.0736 e. The maximum absolute atomic E-state index is 2.42. The summed E-state index contributed by atoms with van der Waals surface area (Å²) in [6.45, 7) is 7.25. The van der Waals surface area contributed by atoms with Crippen LogP contribution in [0.4, 0.5) is 0 Å². The van der Waals surface area contributed by atoms with Gasteiger partial charge in [-0.1, -0.05) is 50.0 Å². The first-order chi connectivity index (χ1) is 5.08. The molecule has 0 saturated heterocycles. The van der Waals surface area contributed by atoms with Crippen molar-refractivity contribution in [1.29, 1.82) is 0 Å². The van der Waals surface area contributed by atoms with Gasteiger partial charge in [-0.05, 0) is 5.30 Å². The average Bonchev–Trinajstić information content (AvgIpc) is 1.85. The molecule has 0 nitrogen and oxygen atoms in total. The summed E-state index contributed by atoms with van der Waals surface area (Å²) >= 11 is 0. The Kier molecular flexibility index (Phi) is 5.08. The van der Waals surface area contributed by atoms with Crippen molar-refractivity contribution in [2.75, 3.05) is 0 Å². The molecule has 0 heterocycles. The normalized spacial score (nSPS) is 11.6. The summed E-state index contributed by atoms with van der Waals surface area (Å²) in [6, 6.07) is 10.8. The summed E-state index contributed by atoms with van der Waals surface area (Å²) in [5.74, 6) is 0. The SMILES string of the molecule is C[Si](C)(C)Pc1ccccc1.Cl. The van der Waals surface area contributed by atoms with E-state index in [1.54, 1.807) is 0 Å². The molecular weight excluding hydrogens is 203 g/mol. The Morgan fingerprint density at radius 1 is 1.00 bits per heavy atom. The van der Waals surface area contributed by atoms with Gasteiger partial charge in [-0.15, -0.1) is 20.5 Å². The highest BCUT2D eigenvalue weighted by Gasteiger charge is 2.12. The molecule has 0 saturated carbocycles. The standard InChI is InChI=1S/C9H15PSi.ClH/c1-11(2,3)10-9-7-5-4-6-8-9;/h4-8,10H,1-3H3;1H. The highest BCUT2D eigenvalue weighted by atomic mass is 35.5. The number of hydrogen-bond acceptors (Lipinski definition) is 0. The van der Waals surface area contributed by atoms with Crippen LogP contribution >= 0.6 is 20.5 Å². The molecule has 0 aliphatic rings. The van der Waals surface area contributed by atoms with Crippen molar-refractivity contribution in [3.8, 4) is 0 Å². The third-order valence-electron chi connectivity index (χ3n) is 1.29. The first-order valence-corrected chi connectivity index (χ1v) is 9.41. The molecule has 0 bridgehead atoms. The van der Waals surface area contributed by atoms with Crippen molar-refractivity contribution in [1.82, 2.24) is 0 Å². The predicted molar refractivity (Wildman–Crippen MR) is 65.0 cm³/mol. The Bertz CT molecular complexity index is 218. The average molecular weight is 219 g/mol. The summed E-state index contributed by atoms with van der Waals surface area (Å²) in [5, 5.41) is 1.52. The Morgan fingerprint density at radius 2 is 1.50 bits per heavy atom. The van der Waals surface area contributed by atoms with E-state index in [4.69, 9.17) is 0 Å². The van der Waals surface area contributed by atoms with Gasteiger partial charge in [0.2, 0.25) is 0 Å². The van der Waals surface area contributed by atoms with Crippen molar-refractivity contribution < 1.29 is 0 Å². The number of hydrogen-bond donors (Lipinski definition) is 0. The second-order valence-electron chi connectivity index (χ2n) is 3.74. The van der Waals surface area contributed by atoms with E-state index in [-0.39, 0.29) is 12.4 Å². The molecular formula is C9H16ClPSi. The van der Waals surface area contributed by atoms with Crippen LogP contribution in [0.2, 0.25) is 19.6 Å². The van der Waals surface area contributed by atoms with Crippen LogP contribution in [-0.2, 0) is 0 Å². The van der Waals surface area contributed by atoms with Crippen molar-refractivity contribution >= 4 is 33.6 Å². The Hall–Kier alpha value is 0.157. The van der Waals surface area contributed by atoms with Crippen LogP contribution in [0.5, 0.6) is 0 Å². The number of benzene rings is 1. The van der Waals surface area contributed by atoms with Crippen LogP contribution in [0.15, 0.2) is 30.3 Å². The zero-order valence-corrected chi connectivity index (χ0v) is 10.6. The lowest BCUT2D eigenvalue weighted by Gasteiger charge is -2.15. The Morgan fingerprint density at radius 3 is 1.92 bits per heavy atom. The molecule has 1 unspecified atom stereocenters. The maximum Gasteiger partial charge on any atom is 0.0736 e. The molecule has 0 fully saturated rings. The van der Waals surface area contributed by atoms with E-state index in [9.17, 15) is 0 Å². The second kappa shape index (κ2) is 5.01. The summed E-state index contributed by atoms with van der Waals surface area (Å²) in [6.07, 6.45) is 0. The molecule has 1 aromatic rings. The van der Waals surface area contributed by atoms with Crippen LogP contribution in [0.1, 0.15) is 0 Å². The lowest BCUT2D eigenvalue weighted by Crippen LogP contribution is -2.16. The largest absolute Gasteiger partial charge is 0.147 e. The van der Waals surface area contributed by atoms with E-state index in [0.717, 1.165) is 8.13 Å². The number of halogens is 1. The molecule has 1 rings (SSSR count). The Labute approximate surface area is 83.8 Å². The fraction of sp³-hybridized carbons (Fsp3) is 0.333. The van der Waals surface area contributed by atoms with E-state index in [1.807, 2.05) is 0 Å². The van der Waals surface area contributed by atoms with Crippen LogP contribution in [-0.4, -0.2) is 7.74 Å². The van der Waals surface area contributed by atoms with Crippen LogP contribution in [0.25, 0.3) is 0 Å². The van der Waals surface area contributed by atoms with Gasteiger partial charge in [-0.3, -0.25) is 0 Å². The lowest BCUT2D eigenvalue weighted by molar-refractivity contribution is 1.77. The monoisotopic (exact) mass is 218 g/mol. The summed E-state index contributed by atoms with van der Waals surface area (Å²) in [5.41, 5.74) is 0. The minimum Gasteiger partial charge on any atom is -0.147 e. The predicted octanol–water partition coefficient (Wildman–Crippen LogP) is 3.25. The van der Waals surface area contributed by atoms with Gasteiger partial charge in [0.15, 0.2) is 0 Å². The Balaban J connectivity index is 0.00000121. The maximum atomic E-state index is 2.42. The van der Waals surface area contributed by atoms with Crippen molar-refractivity contribution in [3.05, 3.63) is 30.3 Å². The molecule has 0 N–H and O–H groups in total. The van der Waals surface area contributed by atoms with Gasteiger partial charge in [0.1, 0.15) is 0 Å². The quantitative estimate of drug-likeness (QED) is 0.528. The van der Waals surface area contributed by atoms with Crippen LogP contribution in [0.3, 0.4) is 0 Å². The zero-order valence-electron chi connectivity index (χ0n) is 7.79. The van der Waals surface area contributed by atoms with Gasteiger partial charge in [0.25, 0.3) is 0 Å². The fourth-order valence-corrected chi connectivity index (χ4v) is 5.28. The fourth-order valence-electron chi connectivity index (χ4n) is 0.954. The minimum atomic E-state index is -0.870. The summed E-state index contributed by atoms with van der Waals surface area (Å²) in [4.78, 5) is 0. The molecule has 68 valence electrons. The third kappa shape index (κ3) is 4.92. The summed E-state index contributed by atoms with van der Waals surface area (Å²) < 4.78 is 0. The van der Waals surface area contributed by atoms with Crippen molar-refractivity contribution in [2.45, 2.75) is 19.6 Å². The van der Waals surface area contributed by atoms with Gasteiger partial charge in [0, 0.05) is 0 Å². The molecule has 1 aromatic carbocycles. The molecule has 0 aliphatic carbocycles. The van der Waals surface area contributed by atoms with Crippen LogP contribution in [0, 0.1) is 0 Å². The molecule has 0 spiro atoms. The van der Waals surface area contributed by atoms with E-state index >= 15 is 0 Å². The van der Waals surface area contributed by atoms with Crippen molar-refractivity contribution in [2.24, 2.45) is 0 Å².